The lowest BCUT2D eigenvalue weighted by molar-refractivity contribution is 0.558. The Morgan fingerprint density at radius 1 is 1.37 bits per heavy atom. The van der Waals surface area contributed by atoms with Gasteiger partial charge >= 0.3 is 0 Å². The Bertz CT molecular complexity index is 532. The lowest BCUT2D eigenvalue weighted by Gasteiger charge is -2.11. The Hall–Kier alpha value is -1.33. The third kappa shape index (κ3) is 2.98. The fourth-order valence-corrected chi connectivity index (χ4v) is 3.45. The molecule has 100 valence electrons. The van der Waals surface area contributed by atoms with Crippen LogP contribution in [0.5, 0.6) is 0 Å². The number of H-pyrrole nitrogens is 1. The van der Waals surface area contributed by atoms with Gasteiger partial charge in [-0.2, -0.15) is 16.9 Å². The SMILES string of the molecule is Fc1ccc(-c2[nH]ncc2CNC2CCSC2)cc1. The van der Waals surface area contributed by atoms with Crippen LogP contribution in [0.25, 0.3) is 11.3 Å². The van der Waals surface area contributed by atoms with E-state index in [2.05, 4.69) is 15.5 Å². The molecule has 0 saturated carbocycles. The molecule has 0 spiro atoms. The first-order valence-corrected chi connectivity index (χ1v) is 7.58. The van der Waals surface area contributed by atoms with E-state index in [0.717, 1.165) is 23.4 Å². The van der Waals surface area contributed by atoms with Crippen molar-refractivity contribution >= 4 is 11.8 Å². The van der Waals surface area contributed by atoms with Gasteiger partial charge in [-0.15, -0.1) is 0 Å². The Labute approximate surface area is 116 Å². The maximum absolute atomic E-state index is 12.9. The summed E-state index contributed by atoms with van der Waals surface area (Å²) in [4.78, 5) is 0. The van der Waals surface area contributed by atoms with Crippen LogP contribution >= 0.6 is 11.8 Å². The normalized spacial score (nSPS) is 18.9. The van der Waals surface area contributed by atoms with Gasteiger partial charge in [0.05, 0.1) is 11.9 Å². The average molecular weight is 277 g/mol. The molecule has 0 bridgehead atoms. The molecule has 2 aromatic rings. The van der Waals surface area contributed by atoms with Crippen molar-refractivity contribution in [2.24, 2.45) is 0 Å². The molecule has 1 aromatic carbocycles. The Morgan fingerprint density at radius 3 is 2.95 bits per heavy atom. The van der Waals surface area contributed by atoms with Crippen molar-refractivity contribution < 1.29 is 4.39 Å². The van der Waals surface area contributed by atoms with Crippen LogP contribution < -0.4 is 5.32 Å². The van der Waals surface area contributed by atoms with Crippen molar-refractivity contribution in [3.63, 3.8) is 0 Å². The van der Waals surface area contributed by atoms with Crippen molar-refractivity contribution in [2.75, 3.05) is 11.5 Å². The number of aromatic nitrogens is 2. The standard InChI is InChI=1S/C14H16FN3S/c15-12-3-1-10(2-4-12)14-11(8-17-18-14)7-16-13-5-6-19-9-13/h1-4,8,13,16H,5-7,9H2,(H,17,18). The maximum atomic E-state index is 12.9. The Balaban J connectivity index is 1.72. The quantitative estimate of drug-likeness (QED) is 0.903. The summed E-state index contributed by atoms with van der Waals surface area (Å²) in [5, 5.41) is 10.7. The third-order valence-corrected chi connectivity index (χ3v) is 4.52. The van der Waals surface area contributed by atoms with Crippen LogP contribution in [0.1, 0.15) is 12.0 Å². The summed E-state index contributed by atoms with van der Waals surface area (Å²) in [6.45, 7) is 0.800. The molecule has 0 radical (unpaired) electrons. The van der Waals surface area contributed by atoms with E-state index in [4.69, 9.17) is 0 Å². The fraction of sp³-hybridized carbons (Fsp3) is 0.357. The molecule has 2 heterocycles. The molecule has 5 heteroatoms. The van der Waals surface area contributed by atoms with Crippen molar-refractivity contribution in [3.8, 4) is 11.3 Å². The van der Waals surface area contributed by atoms with Crippen molar-refractivity contribution in [3.05, 3.63) is 41.8 Å². The maximum Gasteiger partial charge on any atom is 0.123 e. The highest BCUT2D eigenvalue weighted by Gasteiger charge is 2.16. The van der Waals surface area contributed by atoms with E-state index >= 15 is 0 Å². The van der Waals surface area contributed by atoms with Gasteiger partial charge in [0.1, 0.15) is 5.82 Å². The fourth-order valence-electron chi connectivity index (χ4n) is 2.26. The summed E-state index contributed by atoms with van der Waals surface area (Å²) in [6, 6.07) is 7.10. The van der Waals surface area contributed by atoms with Crippen LogP contribution in [0, 0.1) is 5.82 Å². The topological polar surface area (TPSA) is 40.7 Å². The van der Waals surface area contributed by atoms with Crippen LogP contribution in [0.3, 0.4) is 0 Å². The van der Waals surface area contributed by atoms with Crippen LogP contribution in [0.4, 0.5) is 4.39 Å². The molecule has 0 amide bonds. The van der Waals surface area contributed by atoms with Gasteiger partial charge < -0.3 is 5.32 Å². The zero-order chi connectivity index (χ0) is 13.1. The number of thioether (sulfide) groups is 1. The van der Waals surface area contributed by atoms with E-state index in [1.54, 1.807) is 12.1 Å². The predicted octanol–water partition coefficient (Wildman–Crippen LogP) is 2.81. The van der Waals surface area contributed by atoms with Gasteiger partial charge in [-0.3, -0.25) is 5.10 Å². The molecule has 1 unspecified atom stereocenters. The van der Waals surface area contributed by atoms with E-state index in [1.807, 2.05) is 18.0 Å². The van der Waals surface area contributed by atoms with Gasteiger partial charge in [0.25, 0.3) is 0 Å². The number of hydrogen-bond acceptors (Lipinski definition) is 3. The summed E-state index contributed by atoms with van der Waals surface area (Å²) in [5.74, 6) is 2.21. The number of aromatic amines is 1. The lowest BCUT2D eigenvalue weighted by atomic mass is 10.1. The second kappa shape index (κ2) is 5.75. The Morgan fingerprint density at radius 2 is 2.21 bits per heavy atom. The third-order valence-electron chi connectivity index (χ3n) is 3.36. The van der Waals surface area contributed by atoms with Gasteiger partial charge in [0.2, 0.25) is 0 Å². The van der Waals surface area contributed by atoms with Gasteiger partial charge in [0, 0.05) is 29.5 Å². The monoisotopic (exact) mass is 277 g/mol. The van der Waals surface area contributed by atoms with Gasteiger partial charge in [-0.05, 0) is 36.4 Å². The van der Waals surface area contributed by atoms with Gasteiger partial charge in [-0.1, -0.05) is 0 Å². The van der Waals surface area contributed by atoms with Crippen molar-refractivity contribution in [1.29, 1.82) is 0 Å². The predicted molar refractivity (Wildman–Crippen MR) is 76.6 cm³/mol. The molecule has 1 aliphatic rings. The number of hydrogen-bond donors (Lipinski definition) is 2. The van der Waals surface area contributed by atoms with E-state index in [1.165, 1.54) is 30.1 Å². The van der Waals surface area contributed by atoms with E-state index in [-0.39, 0.29) is 5.82 Å². The number of benzene rings is 1. The number of halogens is 1. The molecule has 3 rings (SSSR count). The van der Waals surface area contributed by atoms with Crippen molar-refractivity contribution in [1.82, 2.24) is 15.5 Å². The number of nitrogens with one attached hydrogen (secondary N) is 2. The van der Waals surface area contributed by atoms with E-state index in [9.17, 15) is 4.39 Å². The van der Waals surface area contributed by atoms with E-state index in [0.29, 0.717) is 6.04 Å². The molecule has 19 heavy (non-hydrogen) atoms. The summed E-state index contributed by atoms with van der Waals surface area (Å²) >= 11 is 1.99. The minimum Gasteiger partial charge on any atom is -0.309 e. The first-order valence-electron chi connectivity index (χ1n) is 6.42. The largest absolute Gasteiger partial charge is 0.309 e. The molecule has 1 aromatic heterocycles. The minimum absolute atomic E-state index is 0.217. The Kier molecular flexibility index (Phi) is 3.84. The summed E-state index contributed by atoms with van der Waals surface area (Å²) in [7, 11) is 0. The first-order chi connectivity index (χ1) is 9.33. The highest BCUT2D eigenvalue weighted by atomic mass is 32.2. The molecular weight excluding hydrogens is 261 g/mol. The molecule has 0 aliphatic carbocycles. The van der Waals surface area contributed by atoms with Crippen molar-refractivity contribution in [2.45, 2.75) is 19.0 Å². The molecule has 1 fully saturated rings. The molecule has 1 atom stereocenters. The van der Waals surface area contributed by atoms with Crippen LogP contribution in [-0.4, -0.2) is 27.7 Å². The van der Waals surface area contributed by atoms with E-state index < -0.39 is 0 Å². The first kappa shape index (κ1) is 12.7. The number of nitrogens with zero attached hydrogens (tertiary/aromatic N) is 1. The van der Waals surface area contributed by atoms with Gasteiger partial charge in [-0.25, -0.2) is 4.39 Å². The van der Waals surface area contributed by atoms with Crippen LogP contribution in [0.15, 0.2) is 30.5 Å². The highest BCUT2D eigenvalue weighted by Crippen LogP contribution is 2.22. The van der Waals surface area contributed by atoms with Gasteiger partial charge in [0.15, 0.2) is 0 Å². The van der Waals surface area contributed by atoms with Crippen LogP contribution in [0.2, 0.25) is 0 Å². The summed E-state index contributed by atoms with van der Waals surface area (Å²) in [5.41, 5.74) is 3.07. The summed E-state index contributed by atoms with van der Waals surface area (Å²) in [6.07, 6.45) is 3.07. The lowest BCUT2D eigenvalue weighted by Crippen LogP contribution is -2.27. The molecule has 1 saturated heterocycles. The smallest absolute Gasteiger partial charge is 0.123 e. The average Bonchev–Trinajstić information content (AvgIpc) is 3.08. The zero-order valence-corrected chi connectivity index (χ0v) is 11.3. The summed E-state index contributed by atoms with van der Waals surface area (Å²) < 4.78 is 12.9. The second-order valence-electron chi connectivity index (χ2n) is 4.72. The highest BCUT2D eigenvalue weighted by molar-refractivity contribution is 7.99. The molecule has 2 N–H and O–H groups in total. The zero-order valence-electron chi connectivity index (χ0n) is 10.5. The molecule has 1 aliphatic heterocycles. The molecule has 3 nitrogen and oxygen atoms in total. The minimum atomic E-state index is -0.217. The van der Waals surface area contributed by atoms with Crippen LogP contribution in [-0.2, 0) is 6.54 Å². The number of rotatable bonds is 4. The molecular formula is C14H16FN3S. The second-order valence-corrected chi connectivity index (χ2v) is 5.87.